The molecule has 0 N–H and O–H groups in total. The summed E-state index contributed by atoms with van der Waals surface area (Å²) in [6, 6.07) is -0.0900. The summed E-state index contributed by atoms with van der Waals surface area (Å²) in [5.74, 6) is 1.68. The molecule has 1 rings (SSSR count). The molecule has 7 heteroatoms. The molecule has 7 nitrogen and oxygen atoms in total. The molecule has 0 aromatic heterocycles. The van der Waals surface area contributed by atoms with Crippen molar-refractivity contribution in [2.24, 2.45) is 21.0 Å². The summed E-state index contributed by atoms with van der Waals surface area (Å²) in [5.41, 5.74) is 7.82. The van der Waals surface area contributed by atoms with Gasteiger partial charge in [-0.3, -0.25) is 0 Å². The highest BCUT2D eigenvalue weighted by molar-refractivity contribution is 5.96. The van der Waals surface area contributed by atoms with Gasteiger partial charge in [0.1, 0.15) is 11.6 Å². The van der Waals surface area contributed by atoms with Gasteiger partial charge in [0.05, 0.1) is 13.2 Å². The quantitative estimate of drug-likeness (QED) is 0.291. The highest BCUT2D eigenvalue weighted by atomic mass is 16.5. The first-order valence-electron chi connectivity index (χ1n) is 8.43. The van der Waals surface area contributed by atoms with Crippen LogP contribution < -0.4 is 0 Å². The fraction of sp³-hybridized carbons (Fsp3) is 0.875. The van der Waals surface area contributed by atoms with Crippen molar-refractivity contribution >= 4 is 11.8 Å². The Hall–Kier alpha value is -1.75. The van der Waals surface area contributed by atoms with Crippen LogP contribution in [0.3, 0.4) is 0 Å². The number of unbranched alkanes of at least 4 members (excludes halogenated alkanes) is 1. The van der Waals surface area contributed by atoms with Crippen molar-refractivity contribution in [2.45, 2.75) is 65.5 Å². The van der Waals surface area contributed by atoms with Crippen LogP contribution in [-0.4, -0.2) is 43.1 Å². The Morgan fingerprint density at radius 2 is 1.96 bits per heavy atom. The van der Waals surface area contributed by atoms with Crippen molar-refractivity contribution in [2.75, 3.05) is 19.8 Å². The van der Waals surface area contributed by atoms with Gasteiger partial charge in [-0.25, -0.2) is 9.98 Å². The average Bonchev–Trinajstić information content (AvgIpc) is 2.50. The first-order valence-corrected chi connectivity index (χ1v) is 8.43. The summed E-state index contributed by atoms with van der Waals surface area (Å²) in [4.78, 5) is 12.4. The van der Waals surface area contributed by atoms with Gasteiger partial charge in [-0.1, -0.05) is 25.4 Å². The molecule has 0 saturated heterocycles. The number of hydrogen-bond acceptors (Lipinski definition) is 5. The van der Waals surface area contributed by atoms with E-state index in [0.717, 1.165) is 19.3 Å². The molecule has 0 aliphatic carbocycles. The van der Waals surface area contributed by atoms with E-state index in [2.05, 4.69) is 23.9 Å². The van der Waals surface area contributed by atoms with Gasteiger partial charge in [-0.2, -0.15) is 0 Å². The molecule has 0 spiro atoms. The van der Waals surface area contributed by atoms with Crippen molar-refractivity contribution in [3.8, 4) is 0 Å². The van der Waals surface area contributed by atoms with E-state index in [-0.39, 0.29) is 6.04 Å². The Kier molecular flexibility index (Phi) is 7.89. The van der Waals surface area contributed by atoms with E-state index >= 15 is 0 Å². The lowest BCUT2D eigenvalue weighted by molar-refractivity contribution is 0.254. The second kappa shape index (κ2) is 9.40. The molecular formula is C16H29N5O2. The van der Waals surface area contributed by atoms with Crippen molar-refractivity contribution in [1.29, 1.82) is 0 Å². The van der Waals surface area contributed by atoms with E-state index in [0.29, 0.717) is 37.5 Å². The number of ether oxygens (including phenoxy) is 2. The summed E-state index contributed by atoms with van der Waals surface area (Å²) < 4.78 is 11.5. The molecule has 23 heavy (non-hydrogen) atoms. The molecule has 0 aromatic rings. The number of rotatable bonds is 8. The zero-order chi connectivity index (χ0) is 17.3. The zero-order valence-corrected chi connectivity index (χ0v) is 14.9. The van der Waals surface area contributed by atoms with Gasteiger partial charge < -0.3 is 9.47 Å². The molecule has 1 aliphatic rings. The van der Waals surface area contributed by atoms with Gasteiger partial charge in [0.15, 0.2) is 0 Å². The highest BCUT2D eigenvalue weighted by Gasteiger charge is 2.39. The number of nitrogens with zero attached hydrogens (tertiary/aromatic N) is 5. The molecule has 130 valence electrons. The predicted octanol–water partition coefficient (Wildman–Crippen LogP) is 4.13. The predicted molar refractivity (Wildman–Crippen MR) is 93.0 cm³/mol. The van der Waals surface area contributed by atoms with Crippen LogP contribution in [0.1, 0.15) is 53.9 Å². The van der Waals surface area contributed by atoms with E-state index in [4.69, 9.17) is 25.0 Å². The summed E-state index contributed by atoms with van der Waals surface area (Å²) >= 11 is 0. The van der Waals surface area contributed by atoms with Crippen molar-refractivity contribution < 1.29 is 9.47 Å². The molecule has 0 aromatic carbocycles. The first kappa shape index (κ1) is 19.3. The SMILES string of the molecule is CCOC1=N[C@@](C)(CCCCN=[N+]=[N-])C(OCC)=N[C@@H]1C(C)C. The van der Waals surface area contributed by atoms with Crippen molar-refractivity contribution in [3.05, 3.63) is 10.4 Å². The van der Waals surface area contributed by atoms with Crippen LogP contribution in [0.15, 0.2) is 15.1 Å². The largest absolute Gasteiger partial charge is 0.480 e. The zero-order valence-electron chi connectivity index (χ0n) is 14.9. The molecule has 0 radical (unpaired) electrons. The van der Waals surface area contributed by atoms with Crippen LogP contribution in [0.25, 0.3) is 10.4 Å². The van der Waals surface area contributed by atoms with Gasteiger partial charge in [-0.05, 0) is 45.1 Å². The highest BCUT2D eigenvalue weighted by Crippen LogP contribution is 2.29. The van der Waals surface area contributed by atoms with Crippen LogP contribution in [0.2, 0.25) is 0 Å². The fourth-order valence-electron chi connectivity index (χ4n) is 2.57. The number of hydrogen-bond donors (Lipinski definition) is 0. The van der Waals surface area contributed by atoms with E-state index < -0.39 is 5.54 Å². The fourth-order valence-corrected chi connectivity index (χ4v) is 2.57. The topological polar surface area (TPSA) is 91.9 Å². The smallest absolute Gasteiger partial charge is 0.212 e. The van der Waals surface area contributed by atoms with Gasteiger partial charge in [0.25, 0.3) is 0 Å². The Labute approximate surface area is 138 Å². The molecule has 0 unspecified atom stereocenters. The molecular weight excluding hydrogens is 294 g/mol. The van der Waals surface area contributed by atoms with Gasteiger partial charge >= 0.3 is 0 Å². The maximum Gasteiger partial charge on any atom is 0.212 e. The molecule has 1 heterocycles. The van der Waals surface area contributed by atoms with E-state index in [1.807, 2.05) is 20.8 Å². The lowest BCUT2D eigenvalue weighted by Crippen LogP contribution is -2.45. The number of aliphatic imine (C=N–C) groups is 2. The standard InChI is InChI=1S/C16H29N5O2/c1-6-22-14-13(12(3)4)19-15(23-7-2)16(5,20-14)10-8-9-11-18-21-17/h12-13H,6-11H2,1-5H3/t13-,16+/m1/s1. The Morgan fingerprint density at radius 1 is 1.26 bits per heavy atom. The van der Waals surface area contributed by atoms with Crippen LogP contribution in [0.4, 0.5) is 0 Å². The number of azide groups is 1. The van der Waals surface area contributed by atoms with Crippen LogP contribution in [-0.2, 0) is 9.47 Å². The van der Waals surface area contributed by atoms with Crippen LogP contribution >= 0.6 is 0 Å². The molecule has 0 bridgehead atoms. The minimum Gasteiger partial charge on any atom is -0.480 e. The van der Waals surface area contributed by atoms with Crippen molar-refractivity contribution in [3.63, 3.8) is 0 Å². The minimum absolute atomic E-state index is 0.0900. The summed E-state index contributed by atoms with van der Waals surface area (Å²) in [6.07, 6.45) is 2.50. The molecule has 0 fully saturated rings. The Balaban J connectivity index is 2.94. The van der Waals surface area contributed by atoms with E-state index in [1.165, 1.54) is 0 Å². The van der Waals surface area contributed by atoms with E-state index in [1.54, 1.807) is 0 Å². The maximum absolute atomic E-state index is 8.33. The summed E-state index contributed by atoms with van der Waals surface area (Å²) in [5, 5.41) is 3.57. The van der Waals surface area contributed by atoms with Gasteiger partial charge in [-0.15, -0.1) is 0 Å². The second-order valence-corrected chi connectivity index (χ2v) is 6.12. The third kappa shape index (κ3) is 5.43. The Bertz CT molecular complexity index is 483. The lowest BCUT2D eigenvalue weighted by Gasteiger charge is -2.34. The van der Waals surface area contributed by atoms with Gasteiger partial charge in [0, 0.05) is 11.5 Å². The first-order chi connectivity index (χ1) is 11.0. The summed E-state index contributed by atoms with van der Waals surface area (Å²) in [6.45, 7) is 11.8. The van der Waals surface area contributed by atoms with E-state index in [9.17, 15) is 0 Å². The van der Waals surface area contributed by atoms with Crippen LogP contribution in [0, 0.1) is 5.92 Å². The third-order valence-electron chi connectivity index (χ3n) is 3.77. The van der Waals surface area contributed by atoms with Crippen LogP contribution in [0.5, 0.6) is 0 Å². The molecule has 0 amide bonds. The normalized spacial score (nSPS) is 23.8. The molecule has 2 atom stereocenters. The lowest BCUT2D eigenvalue weighted by atomic mass is 9.92. The van der Waals surface area contributed by atoms with Gasteiger partial charge in [0.2, 0.25) is 11.8 Å². The molecule has 0 saturated carbocycles. The Morgan fingerprint density at radius 3 is 2.52 bits per heavy atom. The second-order valence-electron chi connectivity index (χ2n) is 6.12. The third-order valence-corrected chi connectivity index (χ3v) is 3.77. The maximum atomic E-state index is 8.33. The minimum atomic E-state index is -0.512. The van der Waals surface area contributed by atoms with Crippen molar-refractivity contribution in [1.82, 2.24) is 0 Å². The molecule has 1 aliphatic heterocycles. The average molecular weight is 323 g/mol. The summed E-state index contributed by atoms with van der Waals surface area (Å²) in [7, 11) is 0. The monoisotopic (exact) mass is 323 g/mol.